The van der Waals surface area contributed by atoms with Crippen LogP contribution in [0, 0.1) is 0 Å². The third-order valence-corrected chi connectivity index (χ3v) is 3.03. The highest BCUT2D eigenvalue weighted by Crippen LogP contribution is 2.32. The maximum absolute atomic E-state index is 5.52. The molecule has 2 aromatic rings. The zero-order valence-corrected chi connectivity index (χ0v) is 9.99. The highest BCUT2D eigenvalue weighted by Gasteiger charge is 2.10. The number of hydrogen-bond donors (Lipinski definition) is 1. The number of methoxy groups -OCH3 is 1. The zero-order chi connectivity index (χ0) is 10.8. The minimum absolute atomic E-state index is 0.570. The maximum atomic E-state index is 5.52. The highest BCUT2D eigenvalue weighted by molar-refractivity contribution is 9.10. The van der Waals surface area contributed by atoms with E-state index in [-0.39, 0.29) is 0 Å². The van der Waals surface area contributed by atoms with Gasteiger partial charge in [-0.3, -0.25) is 4.68 Å². The van der Waals surface area contributed by atoms with Gasteiger partial charge in [-0.25, -0.2) is 0 Å². The Morgan fingerprint density at radius 2 is 2.33 bits per heavy atom. The Labute approximate surface area is 96.1 Å². The smallest absolute Gasteiger partial charge is 0.135 e. The number of aromatic nitrogens is 2. The predicted molar refractivity (Wildman–Crippen MR) is 63.0 cm³/mol. The zero-order valence-electron chi connectivity index (χ0n) is 8.40. The standard InChI is InChI=1S/C10H12BrN3O/c1-15-8-3-2-7-6-13-14(5-4-12)10(7)9(8)11/h2-3,6H,4-5,12H2,1H3. The molecule has 1 aromatic heterocycles. The van der Waals surface area contributed by atoms with E-state index in [9.17, 15) is 0 Å². The van der Waals surface area contributed by atoms with E-state index in [1.165, 1.54) is 0 Å². The third-order valence-electron chi connectivity index (χ3n) is 2.27. The molecule has 5 heteroatoms. The second-order valence-electron chi connectivity index (χ2n) is 3.18. The Balaban J connectivity index is 2.65. The van der Waals surface area contributed by atoms with Crippen LogP contribution in [0.15, 0.2) is 22.8 Å². The molecule has 0 atom stereocenters. The lowest BCUT2D eigenvalue weighted by Crippen LogP contribution is -2.10. The summed E-state index contributed by atoms with van der Waals surface area (Å²) in [6.45, 7) is 1.27. The lowest BCUT2D eigenvalue weighted by Gasteiger charge is -2.06. The minimum atomic E-state index is 0.570. The Kier molecular flexibility index (Phi) is 2.93. The summed E-state index contributed by atoms with van der Waals surface area (Å²) in [4.78, 5) is 0. The quantitative estimate of drug-likeness (QED) is 0.924. The average molecular weight is 270 g/mol. The van der Waals surface area contributed by atoms with Crippen molar-refractivity contribution < 1.29 is 4.74 Å². The molecule has 0 spiro atoms. The van der Waals surface area contributed by atoms with Crippen molar-refractivity contribution in [2.45, 2.75) is 6.54 Å². The van der Waals surface area contributed by atoms with E-state index in [0.717, 1.165) is 21.1 Å². The van der Waals surface area contributed by atoms with Gasteiger partial charge in [0.05, 0.1) is 29.8 Å². The van der Waals surface area contributed by atoms with Crippen molar-refractivity contribution in [3.63, 3.8) is 0 Å². The maximum Gasteiger partial charge on any atom is 0.135 e. The van der Waals surface area contributed by atoms with Crippen LogP contribution in [0.3, 0.4) is 0 Å². The molecule has 4 nitrogen and oxygen atoms in total. The first-order valence-corrected chi connectivity index (χ1v) is 5.45. The lowest BCUT2D eigenvalue weighted by atomic mass is 10.2. The van der Waals surface area contributed by atoms with Crippen molar-refractivity contribution in [1.29, 1.82) is 0 Å². The fourth-order valence-corrected chi connectivity index (χ4v) is 2.29. The van der Waals surface area contributed by atoms with Crippen LogP contribution in [0.25, 0.3) is 10.9 Å². The number of halogens is 1. The first kappa shape index (κ1) is 10.4. The molecule has 0 radical (unpaired) electrons. The van der Waals surface area contributed by atoms with Gasteiger partial charge in [-0.2, -0.15) is 5.10 Å². The van der Waals surface area contributed by atoms with Gasteiger partial charge in [-0.1, -0.05) is 0 Å². The summed E-state index contributed by atoms with van der Waals surface area (Å²) in [6, 6.07) is 3.90. The molecule has 0 fully saturated rings. The van der Waals surface area contributed by atoms with Crippen LogP contribution < -0.4 is 10.5 Å². The third kappa shape index (κ3) is 1.72. The molecule has 0 saturated carbocycles. The van der Waals surface area contributed by atoms with Crippen LogP contribution in [-0.2, 0) is 6.54 Å². The van der Waals surface area contributed by atoms with Crippen LogP contribution >= 0.6 is 15.9 Å². The van der Waals surface area contributed by atoms with Gasteiger partial charge in [0.1, 0.15) is 5.75 Å². The minimum Gasteiger partial charge on any atom is -0.495 e. The number of rotatable bonds is 3. The van der Waals surface area contributed by atoms with Gasteiger partial charge in [0, 0.05) is 11.9 Å². The van der Waals surface area contributed by atoms with E-state index < -0.39 is 0 Å². The van der Waals surface area contributed by atoms with E-state index in [1.807, 2.05) is 23.0 Å². The van der Waals surface area contributed by atoms with Crippen molar-refractivity contribution in [3.8, 4) is 5.75 Å². The summed E-state index contributed by atoms with van der Waals surface area (Å²) in [6.07, 6.45) is 1.83. The molecule has 0 bridgehead atoms. The second-order valence-corrected chi connectivity index (χ2v) is 3.97. The number of hydrogen-bond acceptors (Lipinski definition) is 3. The molecule has 2 N–H and O–H groups in total. The molecule has 0 aliphatic carbocycles. The molecule has 15 heavy (non-hydrogen) atoms. The Hall–Kier alpha value is -1.07. The van der Waals surface area contributed by atoms with E-state index >= 15 is 0 Å². The van der Waals surface area contributed by atoms with E-state index in [0.29, 0.717) is 13.1 Å². The summed E-state index contributed by atoms with van der Waals surface area (Å²) in [5.74, 6) is 0.807. The monoisotopic (exact) mass is 269 g/mol. The molecule has 0 saturated heterocycles. The summed E-state index contributed by atoms with van der Waals surface area (Å²) < 4.78 is 8.04. The topological polar surface area (TPSA) is 53.1 Å². The van der Waals surface area contributed by atoms with E-state index in [4.69, 9.17) is 10.5 Å². The first-order chi connectivity index (χ1) is 7.27. The molecule has 1 heterocycles. The normalized spacial score (nSPS) is 10.9. The van der Waals surface area contributed by atoms with Crippen molar-refractivity contribution in [3.05, 3.63) is 22.8 Å². The fourth-order valence-electron chi connectivity index (χ4n) is 1.57. The Morgan fingerprint density at radius 3 is 3.00 bits per heavy atom. The number of nitrogens with zero attached hydrogens (tertiary/aromatic N) is 2. The van der Waals surface area contributed by atoms with Gasteiger partial charge in [0.2, 0.25) is 0 Å². The molecule has 2 rings (SSSR count). The summed E-state index contributed by atoms with van der Waals surface area (Å²) in [5, 5.41) is 5.35. The molecule has 0 aliphatic rings. The molecular weight excluding hydrogens is 258 g/mol. The molecule has 0 unspecified atom stereocenters. The molecule has 0 amide bonds. The van der Waals surface area contributed by atoms with Crippen molar-refractivity contribution in [1.82, 2.24) is 9.78 Å². The van der Waals surface area contributed by atoms with E-state index in [1.54, 1.807) is 7.11 Å². The van der Waals surface area contributed by atoms with Crippen molar-refractivity contribution in [2.75, 3.05) is 13.7 Å². The fraction of sp³-hybridized carbons (Fsp3) is 0.300. The van der Waals surface area contributed by atoms with Gasteiger partial charge in [0.15, 0.2) is 0 Å². The number of fused-ring (bicyclic) bond motifs is 1. The van der Waals surface area contributed by atoms with Gasteiger partial charge >= 0.3 is 0 Å². The average Bonchev–Trinajstić information content (AvgIpc) is 2.64. The van der Waals surface area contributed by atoms with Crippen LogP contribution in [0.1, 0.15) is 0 Å². The molecule has 80 valence electrons. The second kappa shape index (κ2) is 4.20. The number of nitrogens with two attached hydrogens (primary N) is 1. The Bertz CT molecular complexity index is 481. The van der Waals surface area contributed by atoms with E-state index in [2.05, 4.69) is 21.0 Å². The lowest BCUT2D eigenvalue weighted by molar-refractivity contribution is 0.412. The SMILES string of the molecule is COc1ccc2cnn(CCN)c2c1Br. The van der Waals surface area contributed by atoms with Gasteiger partial charge in [-0.05, 0) is 28.1 Å². The number of ether oxygens (including phenoxy) is 1. The van der Waals surface area contributed by atoms with Gasteiger partial charge in [0.25, 0.3) is 0 Å². The summed E-state index contributed by atoms with van der Waals surface area (Å²) >= 11 is 3.52. The highest BCUT2D eigenvalue weighted by atomic mass is 79.9. The molecule has 1 aromatic carbocycles. The van der Waals surface area contributed by atoms with Crippen LogP contribution in [-0.4, -0.2) is 23.4 Å². The Morgan fingerprint density at radius 1 is 1.53 bits per heavy atom. The number of benzene rings is 1. The summed E-state index contributed by atoms with van der Waals surface area (Å²) in [7, 11) is 1.65. The van der Waals surface area contributed by atoms with Gasteiger partial charge in [-0.15, -0.1) is 0 Å². The van der Waals surface area contributed by atoms with Gasteiger partial charge < -0.3 is 10.5 Å². The largest absolute Gasteiger partial charge is 0.495 e. The molecular formula is C10H12BrN3O. The van der Waals surface area contributed by atoms with Crippen LogP contribution in [0.2, 0.25) is 0 Å². The predicted octanol–water partition coefficient (Wildman–Crippen LogP) is 1.77. The van der Waals surface area contributed by atoms with Crippen molar-refractivity contribution in [2.24, 2.45) is 5.73 Å². The summed E-state index contributed by atoms with van der Waals surface area (Å²) in [5.41, 5.74) is 6.55. The first-order valence-electron chi connectivity index (χ1n) is 4.66. The van der Waals surface area contributed by atoms with Crippen molar-refractivity contribution >= 4 is 26.8 Å². The van der Waals surface area contributed by atoms with Crippen LogP contribution in [0.4, 0.5) is 0 Å². The van der Waals surface area contributed by atoms with Crippen LogP contribution in [0.5, 0.6) is 5.75 Å². The molecule has 0 aliphatic heterocycles.